The molecule has 6 rings (SSSR count). The molecule has 3 aliphatic rings. The predicted octanol–water partition coefficient (Wildman–Crippen LogP) is 0.859. The van der Waals surface area contributed by atoms with E-state index in [1.165, 1.54) is 0 Å². The van der Waals surface area contributed by atoms with Gasteiger partial charge < -0.3 is 5.11 Å². The quantitative estimate of drug-likeness (QED) is 0.748. The van der Waals surface area contributed by atoms with Gasteiger partial charge in [0.1, 0.15) is 24.0 Å². The minimum atomic E-state index is -0.815. The van der Waals surface area contributed by atoms with E-state index in [1.807, 2.05) is 21.7 Å². The number of aliphatic hydroxyl groups is 1. The molecule has 3 aromatic rings. The van der Waals surface area contributed by atoms with Gasteiger partial charge in [0.15, 0.2) is 12.0 Å². The number of anilines is 1. The highest BCUT2D eigenvalue weighted by Crippen LogP contribution is 2.44. The largest absolute Gasteiger partial charge is 0.383 e. The van der Waals surface area contributed by atoms with Crippen LogP contribution >= 0.6 is 0 Å². The lowest BCUT2D eigenvalue weighted by atomic mass is 10.1. The standard InChI is InChI=1S/C16H14N8O/c25-16(5-6-16)13-8-22(20-19-13)23-10-18-15-11-3-1-2-4-12(11)21-9-17-7-14(21)24(15)23/h1-4,7-10,15,25H,5-6H2. The monoisotopic (exact) mass is 334 g/mol. The molecule has 9 nitrogen and oxygen atoms in total. The normalized spacial score (nSPS) is 21.9. The average molecular weight is 334 g/mol. The number of para-hydroxylation sites is 1. The Morgan fingerprint density at radius 1 is 1.20 bits per heavy atom. The number of hydrazine groups is 1. The van der Waals surface area contributed by atoms with Gasteiger partial charge in [0, 0.05) is 5.56 Å². The van der Waals surface area contributed by atoms with Gasteiger partial charge in [0.05, 0.1) is 18.1 Å². The van der Waals surface area contributed by atoms with Gasteiger partial charge >= 0.3 is 0 Å². The number of hydrogen-bond acceptors (Lipinski definition) is 7. The van der Waals surface area contributed by atoms with Gasteiger partial charge in [-0.25, -0.2) is 15.0 Å². The Morgan fingerprint density at radius 3 is 2.96 bits per heavy atom. The lowest BCUT2D eigenvalue weighted by molar-refractivity contribution is 0.146. The second-order valence-electron chi connectivity index (χ2n) is 6.54. The summed E-state index contributed by atoms with van der Waals surface area (Å²) < 4.78 is 2.03. The van der Waals surface area contributed by atoms with Crippen LogP contribution in [0.4, 0.5) is 5.82 Å². The molecular weight excluding hydrogens is 320 g/mol. The molecular formula is C16H14N8O. The van der Waals surface area contributed by atoms with Crippen molar-refractivity contribution in [2.45, 2.75) is 24.6 Å². The van der Waals surface area contributed by atoms with Crippen LogP contribution in [0.5, 0.6) is 0 Å². The molecule has 1 aliphatic carbocycles. The first kappa shape index (κ1) is 13.1. The fourth-order valence-electron chi connectivity index (χ4n) is 3.46. The van der Waals surface area contributed by atoms with Crippen LogP contribution < -0.4 is 10.1 Å². The summed E-state index contributed by atoms with van der Waals surface area (Å²) in [5.74, 6) is 0.892. The molecule has 4 heterocycles. The van der Waals surface area contributed by atoms with Crippen molar-refractivity contribution >= 4 is 12.2 Å². The number of hydrogen-bond donors (Lipinski definition) is 1. The number of benzene rings is 1. The van der Waals surface area contributed by atoms with Crippen LogP contribution in [0.2, 0.25) is 0 Å². The highest BCUT2D eigenvalue weighted by Gasteiger charge is 2.46. The first-order chi connectivity index (χ1) is 12.2. The highest BCUT2D eigenvalue weighted by atomic mass is 16.3. The van der Waals surface area contributed by atoms with Crippen LogP contribution in [0.3, 0.4) is 0 Å². The first-order valence-electron chi connectivity index (χ1n) is 8.13. The smallest absolute Gasteiger partial charge is 0.173 e. The fourth-order valence-corrected chi connectivity index (χ4v) is 3.46. The van der Waals surface area contributed by atoms with Crippen LogP contribution in [-0.2, 0) is 5.60 Å². The zero-order valence-corrected chi connectivity index (χ0v) is 13.1. The van der Waals surface area contributed by atoms with Crippen molar-refractivity contribution in [3.05, 3.63) is 54.2 Å². The third-order valence-electron chi connectivity index (χ3n) is 4.98. The van der Waals surface area contributed by atoms with E-state index in [-0.39, 0.29) is 6.17 Å². The SMILES string of the molecule is OC1(c2cn(N3C=NC4c5ccccc5-n5cncc5N43)nn2)CC1. The summed E-state index contributed by atoms with van der Waals surface area (Å²) >= 11 is 0. The predicted molar refractivity (Wildman–Crippen MR) is 88.6 cm³/mol. The Morgan fingerprint density at radius 2 is 2.08 bits per heavy atom. The highest BCUT2D eigenvalue weighted by molar-refractivity contribution is 5.78. The zero-order chi connectivity index (χ0) is 16.6. The molecule has 0 saturated heterocycles. The van der Waals surface area contributed by atoms with Gasteiger partial charge in [0.2, 0.25) is 0 Å². The summed E-state index contributed by atoms with van der Waals surface area (Å²) in [6, 6.07) is 8.14. The molecule has 1 saturated carbocycles. The Hall–Kier alpha value is -3.20. The first-order valence-corrected chi connectivity index (χ1v) is 8.13. The summed E-state index contributed by atoms with van der Waals surface area (Å²) in [4.78, 5) is 10.6. The molecule has 2 aromatic heterocycles. The molecule has 25 heavy (non-hydrogen) atoms. The second kappa shape index (κ2) is 4.25. The Kier molecular flexibility index (Phi) is 2.23. The van der Waals surface area contributed by atoms with Crippen molar-refractivity contribution in [2.75, 3.05) is 10.1 Å². The molecule has 0 radical (unpaired) electrons. The maximum Gasteiger partial charge on any atom is 0.173 e. The third kappa shape index (κ3) is 1.65. The van der Waals surface area contributed by atoms with E-state index in [0.29, 0.717) is 5.69 Å². The maximum absolute atomic E-state index is 10.2. The summed E-state index contributed by atoms with van der Waals surface area (Å²) in [5, 5.41) is 22.4. The van der Waals surface area contributed by atoms with E-state index in [9.17, 15) is 5.11 Å². The van der Waals surface area contributed by atoms with E-state index in [4.69, 9.17) is 0 Å². The lowest BCUT2D eigenvalue weighted by Crippen LogP contribution is -2.49. The fraction of sp³-hybridized carbons (Fsp3) is 0.250. The number of nitrogens with zero attached hydrogens (tertiary/aromatic N) is 8. The molecule has 1 N–H and O–H groups in total. The number of rotatable bonds is 2. The molecule has 1 atom stereocenters. The molecule has 1 fully saturated rings. The van der Waals surface area contributed by atoms with Crippen molar-refractivity contribution in [3.63, 3.8) is 0 Å². The van der Waals surface area contributed by atoms with E-state index in [1.54, 1.807) is 35.0 Å². The molecule has 0 bridgehead atoms. The van der Waals surface area contributed by atoms with E-state index >= 15 is 0 Å². The number of imidazole rings is 1. The molecule has 1 unspecified atom stereocenters. The van der Waals surface area contributed by atoms with E-state index < -0.39 is 5.60 Å². The van der Waals surface area contributed by atoms with Crippen molar-refractivity contribution in [1.82, 2.24) is 24.7 Å². The Bertz CT molecular complexity index is 1020. The van der Waals surface area contributed by atoms with Crippen molar-refractivity contribution in [3.8, 4) is 5.69 Å². The van der Waals surface area contributed by atoms with Crippen LogP contribution in [0.15, 0.2) is 48.0 Å². The minimum Gasteiger partial charge on any atom is -0.383 e. The Balaban J connectivity index is 1.47. The average Bonchev–Trinajstić information content (AvgIpc) is 3.12. The molecule has 0 amide bonds. The van der Waals surface area contributed by atoms with Gasteiger partial charge in [-0.05, 0) is 24.1 Å². The van der Waals surface area contributed by atoms with Crippen molar-refractivity contribution in [2.24, 2.45) is 4.99 Å². The number of aromatic nitrogens is 5. The van der Waals surface area contributed by atoms with Gasteiger partial charge in [-0.3, -0.25) is 4.57 Å². The summed E-state index contributed by atoms with van der Waals surface area (Å²) in [6.07, 6.45) is 8.34. The lowest BCUT2D eigenvalue weighted by Gasteiger charge is -2.36. The Labute approximate surface area is 142 Å². The summed E-state index contributed by atoms with van der Waals surface area (Å²) in [7, 11) is 0. The summed E-state index contributed by atoms with van der Waals surface area (Å²) in [6.45, 7) is 0. The van der Waals surface area contributed by atoms with Gasteiger partial charge in [0.25, 0.3) is 0 Å². The van der Waals surface area contributed by atoms with Crippen LogP contribution in [0, 0.1) is 0 Å². The zero-order valence-electron chi connectivity index (χ0n) is 13.1. The molecule has 2 aliphatic heterocycles. The van der Waals surface area contributed by atoms with Gasteiger partial charge in [-0.15, -0.1) is 9.89 Å². The molecule has 124 valence electrons. The second-order valence-corrected chi connectivity index (χ2v) is 6.54. The van der Waals surface area contributed by atoms with Crippen LogP contribution in [0.1, 0.15) is 30.3 Å². The number of aliphatic imine (C=N–C) groups is 1. The van der Waals surface area contributed by atoms with Gasteiger partial charge in [-0.2, -0.15) is 5.12 Å². The molecule has 1 aromatic carbocycles. The molecule has 9 heteroatoms. The van der Waals surface area contributed by atoms with Crippen molar-refractivity contribution in [1.29, 1.82) is 0 Å². The van der Waals surface area contributed by atoms with E-state index in [0.717, 1.165) is 29.9 Å². The maximum atomic E-state index is 10.2. The van der Waals surface area contributed by atoms with Crippen molar-refractivity contribution < 1.29 is 5.11 Å². The van der Waals surface area contributed by atoms with E-state index in [2.05, 4.69) is 32.4 Å². The van der Waals surface area contributed by atoms with Crippen LogP contribution in [-0.4, -0.2) is 36.1 Å². The minimum absolute atomic E-state index is 0.183. The van der Waals surface area contributed by atoms with Gasteiger partial charge in [-0.1, -0.05) is 18.2 Å². The summed E-state index contributed by atoms with van der Waals surface area (Å²) in [5.41, 5.74) is 1.94. The number of fused-ring (bicyclic) bond motifs is 6. The van der Waals surface area contributed by atoms with Crippen LogP contribution in [0.25, 0.3) is 5.69 Å². The topological polar surface area (TPSA) is 87.6 Å². The molecule has 0 spiro atoms. The third-order valence-corrected chi connectivity index (χ3v) is 4.98.